The van der Waals surface area contributed by atoms with Crippen LogP contribution in [0.4, 0.5) is 15.8 Å². The molecule has 19 heavy (non-hydrogen) atoms. The number of nitrogen functional groups attached to an aromatic ring is 1. The van der Waals surface area contributed by atoms with E-state index in [4.69, 9.17) is 22.7 Å². The normalized spacial score (nSPS) is 10.3. The Morgan fingerprint density at radius 3 is 2.58 bits per heavy atom. The molecule has 0 aliphatic heterocycles. The van der Waals surface area contributed by atoms with Crippen LogP contribution in [0.1, 0.15) is 5.56 Å². The summed E-state index contributed by atoms with van der Waals surface area (Å²) in [6.07, 6.45) is 0. The quantitative estimate of drug-likeness (QED) is 0.666. The van der Waals surface area contributed by atoms with Gasteiger partial charge in [0.05, 0.1) is 16.3 Å². The van der Waals surface area contributed by atoms with Crippen LogP contribution in [0.5, 0.6) is 0 Å². The van der Waals surface area contributed by atoms with E-state index in [2.05, 4.69) is 0 Å². The van der Waals surface area contributed by atoms with Gasteiger partial charge >= 0.3 is 0 Å². The summed E-state index contributed by atoms with van der Waals surface area (Å²) in [6, 6.07) is 11.4. The minimum atomic E-state index is -0.323. The van der Waals surface area contributed by atoms with E-state index >= 15 is 0 Å². The molecule has 0 aromatic heterocycles. The van der Waals surface area contributed by atoms with Gasteiger partial charge in [0.25, 0.3) is 0 Å². The molecule has 0 amide bonds. The highest BCUT2D eigenvalue weighted by molar-refractivity contribution is 6.34. The zero-order valence-electron chi connectivity index (χ0n) is 10.3. The van der Waals surface area contributed by atoms with Crippen molar-refractivity contribution in [1.82, 2.24) is 0 Å². The van der Waals surface area contributed by atoms with E-state index < -0.39 is 0 Å². The SMILES string of the molecule is CN(c1cccc(F)c1)c1cccc(Cl)c1C(=N)N. The Morgan fingerprint density at radius 2 is 1.95 bits per heavy atom. The van der Waals surface area contributed by atoms with E-state index in [0.29, 0.717) is 22.0 Å². The molecule has 0 saturated carbocycles. The van der Waals surface area contributed by atoms with Crippen LogP contribution in [0.15, 0.2) is 42.5 Å². The minimum Gasteiger partial charge on any atom is -0.384 e. The molecule has 0 bridgehead atoms. The molecular weight excluding hydrogens is 265 g/mol. The predicted molar refractivity (Wildman–Crippen MR) is 76.9 cm³/mol. The maximum Gasteiger partial charge on any atom is 0.126 e. The van der Waals surface area contributed by atoms with Crippen molar-refractivity contribution in [3.05, 3.63) is 58.9 Å². The summed E-state index contributed by atoms with van der Waals surface area (Å²) in [6.45, 7) is 0. The predicted octanol–water partition coefficient (Wildman–Crippen LogP) is 3.53. The van der Waals surface area contributed by atoms with Crippen molar-refractivity contribution in [2.24, 2.45) is 5.73 Å². The third-order valence-electron chi connectivity index (χ3n) is 2.82. The number of amidine groups is 1. The molecule has 0 fully saturated rings. The summed E-state index contributed by atoms with van der Waals surface area (Å²) >= 11 is 6.07. The third-order valence-corrected chi connectivity index (χ3v) is 3.13. The minimum absolute atomic E-state index is 0.121. The van der Waals surface area contributed by atoms with E-state index in [1.165, 1.54) is 12.1 Å². The first kappa shape index (κ1) is 13.4. The molecule has 0 aliphatic rings. The molecule has 98 valence electrons. The fourth-order valence-corrected chi connectivity index (χ4v) is 2.15. The maximum atomic E-state index is 13.3. The van der Waals surface area contributed by atoms with Gasteiger partial charge in [-0.15, -0.1) is 0 Å². The smallest absolute Gasteiger partial charge is 0.126 e. The summed E-state index contributed by atoms with van der Waals surface area (Å²) in [7, 11) is 1.77. The van der Waals surface area contributed by atoms with Crippen LogP contribution in [0, 0.1) is 11.2 Å². The largest absolute Gasteiger partial charge is 0.384 e. The van der Waals surface area contributed by atoms with Crippen molar-refractivity contribution >= 4 is 28.8 Å². The molecule has 2 rings (SSSR count). The van der Waals surface area contributed by atoms with Gasteiger partial charge in [-0.05, 0) is 30.3 Å². The van der Waals surface area contributed by atoms with Gasteiger partial charge in [-0.1, -0.05) is 23.7 Å². The van der Waals surface area contributed by atoms with Crippen molar-refractivity contribution in [2.75, 3.05) is 11.9 Å². The van der Waals surface area contributed by atoms with Crippen LogP contribution < -0.4 is 10.6 Å². The summed E-state index contributed by atoms with van der Waals surface area (Å²) in [4.78, 5) is 1.74. The Balaban J connectivity index is 2.53. The lowest BCUT2D eigenvalue weighted by atomic mass is 10.1. The number of rotatable bonds is 3. The molecule has 0 radical (unpaired) electrons. The molecule has 0 unspecified atom stereocenters. The van der Waals surface area contributed by atoms with E-state index in [1.54, 1.807) is 42.3 Å². The van der Waals surface area contributed by atoms with Crippen LogP contribution in [0.2, 0.25) is 5.02 Å². The monoisotopic (exact) mass is 277 g/mol. The van der Waals surface area contributed by atoms with Gasteiger partial charge in [0.15, 0.2) is 0 Å². The Labute approximate surface area is 115 Å². The summed E-state index contributed by atoms with van der Waals surface area (Å²) in [5, 5.41) is 8.00. The molecule has 3 N–H and O–H groups in total. The van der Waals surface area contributed by atoms with E-state index in [0.717, 1.165) is 0 Å². The van der Waals surface area contributed by atoms with Gasteiger partial charge in [0.1, 0.15) is 11.7 Å². The summed E-state index contributed by atoms with van der Waals surface area (Å²) < 4.78 is 13.3. The van der Waals surface area contributed by atoms with Crippen LogP contribution >= 0.6 is 11.6 Å². The van der Waals surface area contributed by atoms with Gasteiger partial charge in [-0.25, -0.2) is 4.39 Å². The number of hydrogen-bond acceptors (Lipinski definition) is 2. The Hall–Kier alpha value is -2.07. The van der Waals surface area contributed by atoms with Gasteiger partial charge in [-0.3, -0.25) is 5.41 Å². The molecule has 0 spiro atoms. The Morgan fingerprint density at radius 1 is 1.26 bits per heavy atom. The second kappa shape index (κ2) is 5.28. The number of nitrogens with two attached hydrogens (primary N) is 1. The highest BCUT2D eigenvalue weighted by atomic mass is 35.5. The maximum absolute atomic E-state index is 13.3. The first-order valence-corrected chi connectivity index (χ1v) is 6.00. The molecule has 2 aromatic carbocycles. The van der Waals surface area contributed by atoms with Crippen LogP contribution in [0.25, 0.3) is 0 Å². The van der Waals surface area contributed by atoms with Crippen LogP contribution in [-0.4, -0.2) is 12.9 Å². The van der Waals surface area contributed by atoms with Crippen LogP contribution in [-0.2, 0) is 0 Å². The van der Waals surface area contributed by atoms with Crippen molar-refractivity contribution in [3.8, 4) is 0 Å². The fourth-order valence-electron chi connectivity index (χ4n) is 1.88. The van der Waals surface area contributed by atoms with Crippen molar-refractivity contribution in [1.29, 1.82) is 5.41 Å². The van der Waals surface area contributed by atoms with E-state index in [9.17, 15) is 4.39 Å². The molecular formula is C14H13ClFN3. The van der Waals surface area contributed by atoms with Crippen LogP contribution in [0.3, 0.4) is 0 Å². The number of anilines is 2. The van der Waals surface area contributed by atoms with Crippen molar-refractivity contribution in [3.63, 3.8) is 0 Å². The molecule has 0 aliphatic carbocycles. The highest BCUT2D eigenvalue weighted by Gasteiger charge is 2.14. The van der Waals surface area contributed by atoms with Gasteiger partial charge in [-0.2, -0.15) is 0 Å². The number of benzene rings is 2. The van der Waals surface area contributed by atoms with E-state index in [-0.39, 0.29) is 11.7 Å². The fraction of sp³-hybridized carbons (Fsp3) is 0.0714. The first-order valence-electron chi connectivity index (χ1n) is 5.63. The molecule has 0 saturated heterocycles. The van der Waals surface area contributed by atoms with Crippen molar-refractivity contribution < 1.29 is 4.39 Å². The lowest BCUT2D eigenvalue weighted by Crippen LogP contribution is -2.19. The molecule has 5 heteroatoms. The molecule has 2 aromatic rings. The van der Waals surface area contributed by atoms with Gasteiger partial charge in [0.2, 0.25) is 0 Å². The summed E-state index contributed by atoms with van der Waals surface area (Å²) in [5.41, 5.74) is 7.32. The lowest BCUT2D eigenvalue weighted by Gasteiger charge is -2.23. The average molecular weight is 278 g/mol. The topological polar surface area (TPSA) is 53.1 Å². The zero-order valence-corrected chi connectivity index (χ0v) is 11.1. The number of halogens is 2. The number of nitrogens with one attached hydrogen (secondary N) is 1. The highest BCUT2D eigenvalue weighted by Crippen LogP contribution is 2.31. The number of nitrogens with zero attached hydrogens (tertiary/aromatic N) is 1. The van der Waals surface area contributed by atoms with Crippen molar-refractivity contribution in [2.45, 2.75) is 0 Å². The molecule has 0 heterocycles. The average Bonchev–Trinajstić information content (AvgIpc) is 2.37. The van der Waals surface area contributed by atoms with Gasteiger partial charge < -0.3 is 10.6 Å². The zero-order chi connectivity index (χ0) is 14.0. The van der Waals surface area contributed by atoms with E-state index in [1.807, 2.05) is 0 Å². The third kappa shape index (κ3) is 2.69. The van der Waals surface area contributed by atoms with Gasteiger partial charge in [0, 0.05) is 12.7 Å². The molecule has 0 atom stereocenters. The number of hydrogen-bond donors (Lipinski definition) is 2. The summed E-state index contributed by atoms with van der Waals surface area (Å²) in [5.74, 6) is -0.445. The second-order valence-electron chi connectivity index (χ2n) is 4.09. The lowest BCUT2D eigenvalue weighted by molar-refractivity contribution is 0.628. The first-order chi connectivity index (χ1) is 9.00. The molecule has 3 nitrogen and oxygen atoms in total. The standard InChI is InChI=1S/C14H13ClFN3/c1-19(10-5-2-4-9(16)8-10)12-7-3-6-11(15)13(12)14(17)18/h2-8H,1H3,(H3,17,18). The second-order valence-corrected chi connectivity index (χ2v) is 4.49. The Bertz CT molecular complexity index is 628. The Kier molecular flexibility index (Phi) is 3.71.